The zero-order chi connectivity index (χ0) is 14.4. The molecule has 0 saturated carbocycles. The minimum absolute atomic E-state index is 0.0385. The van der Waals surface area contributed by atoms with Gasteiger partial charge in [-0.2, -0.15) is 0 Å². The number of hydrogen-bond donors (Lipinski definition) is 1. The molecular formula is C15H24N2O2. The zero-order valence-electron chi connectivity index (χ0n) is 12.2. The number of ether oxygens (including phenoxy) is 1. The van der Waals surface area contributed by atoms with Crippen molar-refractivity contribution in [3.05, 3.63) is 29.8 Å². The van der Waals surface area contributed by atoms with Crippen molar-refractivity contribution in [3.63, 3.8) is 0 Å². The topological polar surface area (TPSA) is 55.6 Å². The van der Waals surface area contributed by atoms with E-state index in [1.54, 1.807) is 11.9 Å². The Bertz CT molecular complexity index is 418. The fraction of sp³-hybridized carbons (Fsp3) is 0.533. The summed E-state index contributed by atoms with van der Waals surface area (Å²) in [5.41, 5.74) is 6.93. The zero-order valence-corrected chi connectivity index (χ0v) is 12.2. The Morgan fingerprint density at radius 2 is 2.00 bits per heavy atom. The number of para-hydroxylation sites is 1. The van der Waals surface area contributed by atoms with Gasteiger partial charge in [0.05, 0.1) is 12.6 Å². The number of rotatable bonds is 6. The molecule has 1 atom stereocenters. The minimum atomic E-state index is -0.441. The van der Waals surface area contributed by atoms with Gasteiger partial charge in [-0.15, -0.1) is 0 Å². The van der Waals surface area contributed by atoms with Crippen molar-refractivity contribution in [2.24, 2.45) is 11.7 Å². The molecule has 0 bridgehead atoms. The summed E-state index contributed by atoms with van der Waals surface area (Å²) in [5.74, 6) is 0.965. The Hall–Kier alpha value is -1.55. The van der Waals surface area contributed by atoms with E-state index in [9.17, 15) is 4.79 Å². The van der Waals surface area contributed by atoms with Gasteiger partial charge in [-0.1, -0.05) is 32.0 Å². The van der Waals surface area contributed by atoms with Crippen molar-refractivity contribution in [2.45, 2.75) is 26.8 Å². The van der Waals surface area contributed by atoms with Crippen LogP contribution in [0.1, 0.15) is 19.4 Å². The predicted molar refractivity (Wildman–Crippen MR) is 77.1 cm³/mol. The van der Waals surface area contributed by atoms with Crippen LogP contribution in [0.5, 0.6) is 5.75 Å². The molecule has 0 aliphatic rings. The second-order valence-corrected chi connectivity index (χ2v) is 5.14. The van der Waals surface area contributed by atoms with Gasteiger partial charge in [-0.3, -0.25) is 4.79 Å². The standard InChI is InChI=1S/C15H24N2O2/c1-11(2)14(16)15(18)17(4)9-10-19-13-8-6-5-7-12(13)3/h5-8,11,14H,9-10,16H2,1-4H3. The first-order valence-electron chi connectivity index (χ1n) is 6.62. The maximum atomic E-state index is 11.9. The Labute approximate surface area is 115 Å². The molecule has 0 aliphatic carbocycles. The molecule has 1 rings (SSSR count). The third-order valence-corrected chi connectivity index (χ3v) is 3.16. The lowest BCUT2D eigenvalue weighted by Crippen LogP contribution is -2.46. The lowest BCUT2D eigenvalue weighted by atomic mass is 10.0. The van der Waals surface area contributed by atoms with Crippen molar-refractivity contribution in [2.75, 3.05) is 20.2 Å². The molecule has 1 aromatic carbocycles. The van der Waals surface area contributed by atoms with Crippen molar-refractivity contribution < 1.29 is 9.53 Å². The quantitative estimate of drug-likeness (QED) is 0.852. The summed E-state index contributed by atoms with van der Waals surface area (Å²) in [5, 5.41) is 0. The van der Waals surface area contributed by atoms with Gasteiger partial charge >= 0.3 is 0 Å². The Balaban J connectivity index is 2.41. The van der Waals surface area contributed by atoms with Gasteiger partial charge in [0.2, 0.25) is 5.91 Å². The summed E-state index contributed by atoms with van der Waals surface area (Å²) < 4.78 is 5.66. The van der Waals surface area contributed by atoms with E-state index in [4.69, 9.17) is 10.5 Å². The van der Waals surface area contributed by atoms with Gasteiger partial charge in [0, 0.05) is 7.05 Å². The molecule has 4 nitrogen and oxygen atoms in total. The van der Waals surface area contributed by atoms with E-state index in [1.165, 1.54) is 0 Å². The Kier molecular flexibility index (Phi) is 5.83. The molecule has 0 spiro atoms. The Morgan fingerprint density at radius 1 is 1.37 bits per heavy atom. The second kappa shape index (κ2) is 7.14. The molecule has 1 amide bonds. The van der Waals surface area contributed by atoms with E-state index in [2.05, 4.69) is 0 Å². The van der Waals surface area contributed by atoms with E-state index in [0.717, 1.165) is 11.3 Å². The largest absolute Gasteiger partial charge is 0.491 e. The van der Waals surface area contributed by atoms with E-state index < -0.39 is 6.04 Å². The van der Waals surface area contributed by atoms with Crippen LogP contribution >= 0.6 is 0 Å². The molecule has 1 aromatic rings. The van der Waals surface area contributed by atoms with Crippen molar-refractivity contribution in [1.82, 2.24) is 4.90 Å². The molecule has 0 heterocycles. The Morgan fingerprint density at radius 3 is 2.58 bits per heavy atom. The molecule has 4 heteroatoms. The number of hydrogen-bond acceptors (Lipinski definition) is 3. The molecule has 0 radical (unpaired) electrons. The molecule has 0 aliphatic heterocycles. The van der Waals surface area contributed by atoms with Crippen molar-refractivity contribution >= 4 is 5.91 Å². The van der Waals surface area contributed by atoms with Crippen LogP contribution in [-0.4, -0.2) is 37.0 Å². The number of aryl methyl sites for hydroxylation is 1. The van der Waals surface area contributed by atoms with E-state index in [1.807, 2.05) is 45.0 Å². The number of nitrogens with zero attached hydrogens (tertiary/aromatic N) is 1. The van der Waals surface area contributed by atoms with Crippen molar-refractivity contribution in [3.8, 4) is 5.75 Å². The van der Waals surface area contributed by atoms with Crippen LogP contribution in [0, 0.1) is 12.8 Å². The summed E-state index contributed by atoms with van der Waals surface area (Å²) in [6.07, 6.45) is 0. The molecule has 1 unspecified atom stereocenters. The van der Waals surface area contributed by atoms with Crippen LogP contribution in [0.3, 0.4) is 0 Å². The van der Waals surface area contributed by atoms with Gasteiger partial charge in [-0.05, 0) is 24.5 Å². The number of carbonyl (C=O) groups excluding carboxylic acids is 1. The monoisotopic (exact) mass is 264 g/mol. The van der Waals surface area contributed by atoms with Crippen molar-refractivity contribution in [1.29, 1.82) is 0 Å². The molecule has 0 fully saturated rings. The number of nitrogens with two attached hydrogens (primary N) is 1. The smallest absolute Gasteiger partial charge is 0.239 e. The van der Waals surface area contributed by atoms with Gasteiger partial charge in [-0.25, -0.2) is 0 Å². The second-order valence-electron chi connectivity index (χ2n) is 5.14. The molecule has 19 heavy (non-hydrogen) atoms. The molecule has 0 saturated heterocycles. The number of amides is 1. The lowest BCUT2D eigenvalue weighted by molar-refractivity contribution is -0.132. The average molecular weight is 264 g/mol. The maximum absolute atomic E-state index is 11.9. The number of carbonyl (C=O) groups is 1. The first kappa shape index (κ1) is 15.5. The fourth-order valence-corrected chi connectivity index (χ4v) is 1.66. The van der Waals surface area contributed by atoms with Gasteiger partial charge in [0.1, 0.15) is 12.4 Å². The highest BCUT2D eigenvalue weighted by atomic mass is 16.5. The summed E-state index contributed by atoms with van der Waals surface area (Å²) in [6, 6.07) is 7.39. The number of benzene rings is 1. The minimum Gasteiger partial charge on any atom is -0.491 e. The highest BCUT2D eigenvalue weighted by molar-refractivity contribution is 5.81. The fourth-order valence-electron chi connectivity index (χ4n) is 1.66. The average Bonchev–Trinajstić information content (AvgIpc) is 2.38. The van der Waals surface area contributed by atoms with E-state index in [-0.39, 0.29) is 11.8 Å². The third-order valence-electron chi connectivity index (χ3n) is 3.16. The van der Waals surface area contributed by atoms with Crippen LogP contribution in [-0.2, 0) is 4.79 Å². The van der Waals surface area contributed by atoms with Crippen LogP contribution < -0.4 is 10.5 Å². The molecular weight excluding hydrogens is 240 g/mol. The number of likely N-dealkylation sites (N-methyl/N-ethyl adjacent to an activating group) is 1. The normalized spacial score (nSPS) is 12.3. The van der Waals surface area contributed by atoms with Gasteiger partial charge in [0.25, 0.3) is 0 Å². The van der Waals surface area contributed by atoms with E-state index in [0.29, 0.717) is 13.2 Å². The van der Waals surface area contributed by atoms with E-state index >= 15 is 0 Å². The van der Waals surface area contributed by atoms with Crippen LogP contribution in [0.2, 0.25) is 0 Å². The third kappa shape index (κ3) is 4.56. The maximum Gasteiger partial charge on any atom is 0.239 e. The van der Waals surface area contributed by atoms with Crippen LogP contribution in [0.15, 0.2) is 24.3 Å². The summed E-state index contributed by atoms with van der Waals surface area (Å²) in [4.78, 5) is 13.6. The summed E-state index contributed by atoms with van der Waals surface area (Å²) >= 11 is 0. The molecule has 2 N–H and O–H groups in total. The van der Waals surface area contributed by atoms with Gasteiger partial charge in [0.15, 0.2) is 0 Å². The van der Waals surface area contributed by atoms with Crippen LogP contribution in [0.4, 0.5) is 0 Å². The molecule has 106 valence electrons. The summed E-state index contributed by atoms with van der Waals surface area (Å²) in [7, 11) is 1.76. The lowest BCUT2D eigenvalue weighted by Gasteiger charge is -2.23. The first-order chi connectivity index (χ1) is 8.93. The highest BCUT2D eigenvalue weighted by Crippen LogP contribution is 2.15. The first-order valence-corrected chi connectivity index (χ1v) is 6.62. The van der Waals surface area contributed by atoms with Gasteiger partial charge < -0.3 is 15.4 Å². The SMILES string of the molecule is Cc1ccccc1OCCN(C)C(=O)C(N)C(C)C. The summed E-state index contributed by atoms with van der Waals surface area (Å²) in [6.45, 7) is 6.89. The predicted octanol–water partition coefficient (Wildman–Crippen LogP) is 1.82. The highest BCUT2D eigenvalue weighted by Gasteiger charge is 2.20. The molecule has 0 aromatic heterocycles. The van der Waals surface area contributed by atoms with Crippen LogP contribution in [0.25, 0.3) is 0 Å².